The number of benzene rings is 2. The second kappa shape index (κ2) is 8.08. The number of nitrogens with one attached hydrogen (secondary N) is 1. The van der Waals surface area contributed by atoms with Gasteiger partial charge in [-0.1, -0.05) is 52.3 Å². The zero-order valence-electron chi connectivity index (χ0n) is 11.7. The third-order valence-corrected chi connectivity index (χ3v) is 4.08. The van der Waals surface area contributed by atoms with E-state index in [0.29, 0.717) is 6.04 Å². The van der Waals surface area contributed by atoms with Crippen LogP contribution in [0.2, 0.25) is 0 Å². The summed E-state index contributed by atoms with van der Waals surface area (Å²) in [5.74, 6) is 0.934. The molecule has 0 amide bonds. The van der Waals surface area contributed by atoms with Gasteiger partial charge in [-0.05, 0) is 43.7 Å². The van der Waals surface area contributed by atoms with Crippen LogP contribution in [0.5, 0.6) is 5.75 Å². The molecule has 2 rings (SSSR count). The molecule has 1 unspecified atom stereocenters. The average Bonchev–Trinajstić information content (AvgIpc) is 2.49. The van der Waals surface area contributed by atoms with Crippen LogP contribution in [0.4, 0.5) is 0 Å². The van der Waals surface area contributed by atoms with E-state index in [0.717, 1.165) is 25.2 Å². The molecular weight excluding hydrogens is 314 g/mol. The van der Waals surface area contributed by atoms with E-state index in [-0.39, 0.29) is 0 Å². The van der Waals surface area contributed by atoms with Gasteiger partial charge in [-0.25, -0.2) is 0 Å². The van der Waals surface area contributed by atoms with Crippen LogP contribution in [0.25, 0.3) is 0 Å². The lowest BCUT2D eigenvalue weighted by molar-refractivity contribution is 0.288. The molecule has 106 valence electrons. The number of para-hydroxylation sites is 1. The normalized spacial score (nSPS) is 12.1. The van der Waals surface area contributed by atoms with Gasteiger partial charge in [0.1, 0.15) is 5.75 Å². The molecule has 0 aromatic heterocycles. The lowest BCUT2D eigenvalue weighted by Crippen LogP contribution is -2.29. The maximum absolute atomic E-state index is 5.75. The Balaban J connectivity index is 1.82. The van der Waals surface area contributed by atoms with Crippen LogP contribution in [-0.4, -0.2) is 19.7 Å². The molecule has 0 radical (unpaired) electrons. The third kappa shape index (κ3) is 4.66. The number of hydrogen-bond acceptors (Lipinski definition) is 2. The van der Waals surface area contributed by atoms with Crippen molar-refractivity contribution in [3.63, 3.8) is 0 Å². The summed E-state index contributed by atoms with van der Waals surface area (Å²) in [4.78, 5) is 0. The van der Waals surface area contributed by atoms with Gasteiger partial charge in [-0.2, -0.15) is 0 Å². The van der Waals surface area contributed by atoms with Gasteiger partial charge in [0.25, 0.3) is 0 Å². The molecule has 2 nitrogen and oxygen atoms in total. The number of hydrogen-bond donors (Lipinski definition) is 1. The van der Waals surface area contributed by atoms with Crippen LogP contribution < -0.4 is 10.1 Å². The molecule has 0 saturated heterocycles. The van der Waals surface area contributed by atoms with Crippen molar-refractivity contribution < 1.29 is 4.74 Å². The Morgan fingerprint density at radius 3 is 2.45 bits per heavy atom. The Bertz CT molecular complexity index is 515. The molecule has 2 aromatic carbocycles. The number of likely N-dealkylation sites (N-methyl/N-ethyl adjacent to an activating group) is 1. The highest BCUT2D eigenvalue weighted by Gasteiger charge is 2.09. The van der Waals surface area contributed by atoms with Crippen LogP contribution >= 0.6 is 15.9 Å². The Kier molecular flexibility index (Phi) is 6.09. The van der Waals surface area contributed by atoms with Crippen molar-refractivity contribution in [3.05, 3.63) is 64.6 Å². The Labute approximate surface area is 129 Å². The first kappa shape index (κ1) is 15.1. The van der Waals surface area contributed by atoms with E-state index >= 15 is 0 Å². The maximum atomic E-state index is 5.75. The molecule has 20 heavy (non-hydrogen) atoms. The van der Waals surface area contributed by atoms with Crippen LogP contribution in [0.1, 0.15) is 12.0 Å². The highest BCUT2D eigenvalue weighted by Crippen LogP contribution is 2.18. The van der Waals surface area contributed by atoms with Crippen molar-refractivity contribution in [2.24, 2.45) is 0 Å². The Morgan fingerprint density at radius 1 is 1.05 bits per heavy atom. The Hall–Kier alpha value is -1.32. The molecule has 0 aliphatic carbocycles. The highest BCUT2D eigenvalue weighted by molar-refractivity contribution is 9.10. The monoisotopic (exact) mass is 333 g/mol. The molecule has 0 spiro atoms. The largest absolute Gasteiger partial charge is 0.494 e. The minimum Gasteiger partial charge on any atom is -0.494 e. The van der Waals surface area contributed by atoms with Crippen molar-refractivity contribution >= 4 is 15.9 Å². The fraction of sp³-hybridized carbons (Fsp3) is 0.294. The summed E-state index contributed by atoms with van der Waals surface area (Å²) in [6, 6.07) is 18.7. The molecule has 2 aromatic rings. The number of rotatable bonds is 7. The predicted octanol–water partition coefficient (Wildman–Crippen LogP) is 4.05. The lowest BCUT2D eigenvalue weighted by atomic mass is 10.0. The third-order valence-electron chi connectivity index (χ3n) is 3.31. The van der Waals surface area contributed by atoms with E-state index in [1.54, 1.807) is 0 Å². The minimum atomic E-state index is 0.414. The van der Waals surface area contributed by atoms with Gasteiger partial charge < -0.3 is 10.1 Å². The average molecular weight is 334 g/mol. The summed E-state index contributed by atoms with van der Waals surface area (Å²) < 4.78 is 6.93. The van der Waals surface area contributed by atoms with E-state index in [2.05, 4.69) is 39.4 Å². The fourth-order valence-electron chi connectivity index (χ4n) is 2.11. The predicted molar refractivity (Wildman–Crippen MR) is 87.2 cm³/mol. The molecule has 1 atom stereocenters. The second-order valence-electron chi connectivity index (χ2n) is 4.73. The molecule has 0 aliphatic heterocycles. The number of halogens is 1. The topological polar surface area (TPSA) is 21.3 Å². The Morgan fingerprint density at radius 2 is 1.75 bits per heavy atom. The standard InChI is InChI=1S/C17H20BrNO/c1-19-15(13-14-7-5-6-10-17(14)18)11-12-20-16-8-3-2-4-9-16/h2-10,15,19H,11-13H2,1H3. The summed E-state index contributed by atoms with van der Waals surface area (Å²) >= 11 is 3.60. The van der Waals surface area contributed by atoms with Gasteiger partial charge in [0.2, 0.25) is 0 Å². The lowest BCUT2D eigenvalue weighted by Gasteiger charge is -2.17. The quantitative estimate of drug-likeness (QED) is 0.825. The van der Waals surface area contributed by atoms with Crippen LogP contribution in [0.15, 0.2) is 59.1 Å². The van der Waals surface area contributed by atoms with Gasteiger partial charge >= 0.3 is 0 Å². The molecule has 0 fully saturated rings. The second-order valence-corrected chi connectivity index (χ2v) is 5.59. The summed E-state index contributed by atoms with van der Waals surface area (Å²) in [5, 5.41) is 3.36. The van der Waals surface area contributed by atoms with Crippen molar-refractivity contribution in [3.8, 4) is 5.75 Å². The smallest absolute Gasteiger partial charge is 0.119 e. The fourth-order valence-corrected chi connectivity index (χ4v) is 2.56. The van der Waals surface area contributed by atoms with E-state index in [4.69, 9.17) is 4.74 Å². The SMILES string of the molecule is CNC(CCOc1ccccc1)Cc1ccccc1Br. The van der Waals surface area contributed by atoms with Crippen molar-refractivity contribution in [2.45, 2.75) is 18.9 Å². The first-order valence-electron chi connectivity index (χ1n) is 6.88. The summed E-state index contributed by atoms with van der Waals surface area (Å²) in [6.07, 6.45) is 1.98. The molecule has 1 N–H and O–H groups in total. The van der Waals surface area contributed by atoms with Crippen molar-refractivity contribution in [1.29, 1.82) is 0 Å². The molecular formula is C17H20BrNO. The van der Waals surface area contributed by atoms with Crippen molar-refractivity contribution in [2.75, 3.05) is 13.7 Å². The van der Waals surface area contributed by atoms with Crippen LogP contribution in [-0.2, 0) is 6.42 Å². The van der Waals surface area contributed by atoms with E-state index < -0.39 is 0 Å². The summed E-state index contributed by atoms with van der Waals surface area (Å²) in [7, 11) is 2.00. The van der Waals surface area contributed by atoms with Crippen LogP contribution in [0, 0.1) is 0 Å². The maximum Gasteiger partial charge on any atom is 0.119 e. The molecule has 3 heteroatoms. The number of ether oxygens (including phenoxy) is 1. The van der Waals surface area contributed by atoms with E-state index in [1.807, 2.05) is 43.4 Å². The molecule has 0 bridgehead atoms. The van der Waals surface area contributed by atoms with Gasteiger partial charge in [0, 0.05) is 10.5 Å². The van der Waals surface area contributed by atoms with Crippen LogP contribution in [0.3, 0.4) is 0 Å². The van der Waals surface area contributed by atoms with Crippen molar-refractivity contribution in [1.82, 2.24) is 5.32 Å². The first-order valence-corrected chi connectivity index (χ1v) is 7.67. The molecule has 0 aliphatic rings. The van der Waals surface area contributed by atoms with Gasteiger partial charge in [0.05, 0.1) is 6.61 Å². The first-order chi connectivity index (χ1) is 9.79. The summed E-state index contributed by atoms with van der Waals surface area (Å²) in [5.41, 5.74) is 1.33. The zero-order valence-corrected chi connectivity index (χ0v) is 13.3. The van der Waals surface area contributed by atoms with E-state index in [9.17, 15) is 0 Å². The molecule has 0 saturated carbocycles. The highest BCUT2D eigenvalue weighted by atomic mass is 79.9. The van der Waals surface area contributed by atoms with Gasteiger partial charge in [-0.15, -0.1) is 0 Å². The minimum absolute atomic E-state index is 0.414. The van der Waals surface area contributed by atoms with Gasteiger partial charge in [-0.3, -0.25) is 0 Å². The zero-order chi connectivity index (χ0) is 14.2. The van der Waals surface area contributed by atoms with Gasteiger partial charge in [0.15, 0.2) is 0 Å². The molecule has 0 heterocycles. The van der Waals surface area contributed by atoms with E-state index in [1.165, 1.54) is 10.0 Å². The summed E-state index contributed by atoms with van der Waals surface area (Å²) in [6.45, 7) is 0.722.